The summed E-state index contributed by atoms with van der Waals surface area (Å²) in [6, 6.07) is 5.70. The predicted octanol–water partition coefficient (Wildman–Crippen LogP) is 2.72. The number of likely N-dealkylation sites (tertiary alicyclic amines) is 1. The van der Waals surface area contributed by atoms with Crippen LogP contribution in [-0.2, 0) is 0 Å². The van der Waals surface area contributed by atoms with Crippen LogP contribution >= 0.6 is 0 Å². The molecule has 17 heavy (non-hydrogen) atoms. The summed E-state index contributed by atoms with van der Waals surface area (Å²) >= 11 is 0. The Hall–Kier alpha value is -0.800. The fourth-order valence-electron chi connectivity index (χ4n) is 2.56. The normalized spacial score (nSPS) is 28.2. The van der Waals surface area contributed by atoms with Gasteiger partial charge in [-0.15, -0.1) is 0 Å². The molecular formula is C14H24N2O. The average Bonchev–Trinajstić information content (AvgIpc) is 2.70. The van der Waals surface area contributed by atoms with Gasteiger partial charge in [0.15, 0.2) is 0 Å². The topological polar surface area (TPSA) is 28.4 Å². The lowest BCUT2D eigenvalue weighted by Crippen LogP contribution is -2.46. The Bertz CT molecular complexity index is 361. The summed E-state index contributed by atoms with van der Waals surface area (Å²) in [7, 11) is 2.21. The maximum absolute atomic E-state index is 5.66. The molecule has 1 aromatic rings. The minimum atomic E-state index is 0.310. The Labute approximate surface area is 104 Å². The van der Waals surface area contributed by atoms with Gasteiger partial charge in [-0.05, 0) is 59.3 Å². The van der Waals surface area contributed by atoms with Gasteiger partial charge >= 0.3 is 0 Å². The van der Waals surface area contributed by atoms with E-state index in [0.29, 0.717) is 18.1 Å². The molecule has 0 saturated carbocycles. The van der Waals surface area contributed by atoms with Crippen molar-refractivity contribution in [3.63, 3.8) is 0 Å². The second-order valence-electron chi connectivity index (χ2n) is 5.39. The third kappa shape index (κ3) is 3.11. The second kappa shape index (κ2) is 5.23. The number of piperidine rings is 1. The molecule has 3 unspecified atom stereocenters. The Kier molecular flexibility index (Phi) is 3.89. The zero-order chi connectivity index (χ0) is 12.4. The van der Waals surface area contributed by atoms with E-state index in [2.05, 4.69) is 37.2 Å². The SMILES string of the molecule is Cc1ccc(C(C)NC2CCN(C)C(C)C2)o1. The summed E-state index contributed by atoms with van der Waals surface area (Å²) in [5, 5.41) is 3.68. The molecule has 1 saturated heterocycles. The van der Waals surface area contributed by atoms with Crippen LogP contribution in [0.4, 0.5) is 0 Å². The number of nitrogens with one attached hydrogen (secondary N) is 1. The lowest BCUT2D eigenvalue weighted by atomic mass is 9.98. The Morgan fingerprint density at radius 1 is 1.47 bits per heavy atom. The Morgan fingerprint density at radius 3 is 2.82 bits per heavy atom. The van der Waals surface area contributed by atoms with Crippen molar-refractivity contribution in [2.75, 3.05) is 13.6 Å². The largest absolute Gasteiger partial charge is 0.465 e. The van der Waals surface area contributed by atoms with E-state index < -0.39 is 0 Å². The van der Waals surface area contributed by atoms with E-state index in [9.17, 15) is 0 Å². The fourth-order valence-corrected chi connectivity index (χ4v) is 2.56. The highest BCUT2D eigenvalue weighted by Gasteiger charge is 2.24. The molecule has 0 amide bonds. The Morgan fingerprint density at radius 2 is 2.24 bits per heavy atom. The summed E-state index contributed by atoms with van der Waals surface area (Å²) in [6.07, 6.45) is 2.45. The van der Waals surface area contributed by atoms with Crippen molar-refractivity contribution in [3.05, 3.63) is 23.7 Å². The summed E-state index contributed by atoms with van der Waals surface area (Å²) in [4.78, 5) is 2.43. The molecule has 3 atom stereocenters. The van der Waals surface area contributed by atoms with Crippen LogP contribution in [0.15, 0.2) is 16.5 Å². The van der Waals surface area contributed by atoms with Gasteiger partial charge in [0.2, 0.25) is 0 Å². The van der Waals surface area contributed by atoms with E-state index in [-0.39, 0.29) is 0 Å². The molecule has 1 N–H and O–H groups in total. The van der Waals surface area contributed by atoms with E-state index in [4.69, 9.17) is 4.42 Å². The first-order chi connectivity index (χ1) is 8.06. The molecule has 1 fully saturated rings. The number of nitrogens with zero attached hydrogens (tertiary/aromatic N) is 1. The van der Waals surface area contributed by atoms with Crippen LogP contribution in [0.3, 0.4) is 0 Å². The zero-order valence-corrected chi connectivity index (χ0v) is 11.4. The number of rotatable bonds is 3. The summed E-state index contributed by atoms with van der Waals surface area (Å²) < 4.78 is 5.66. The van der Waals surface area contributed by atoms with Gasteiger partial charge in [-0.25, -0.2) is 0 Å². The molecular weight excluding hydrogens is 212 g/mol. The first kappa shape index (κ1) is 12.7. The first-order valence-corrected chi connectivity index (χ1v) is 6.59. The lowest BCUT2D eigenvalue weighted by Gasteiger charge is -2.36. The van der Waals surface area contributed by atoms with Gasteiger partial charge in [-0.1, -0.05) is 0 Å². The second-order valence-corrected chi connectivity index (χ2v) is 5.39. The van der Waals surface area contributed by atoms with Gasteiger partial charge in [-0.3, -0.25) is 0 Å². The highest BCUT2D eigenvalue weighted by atomic mass is 16.3. The molecule has 3 heteroatoms. The first-order valence-electron chi connectivity index (χ1n) is 6.59. The molecule has 0 aromatic carbocycles. The van der Waals surface area contributed by atoms with Crippen molar-refractivity contribution in [1.29, 1.82) is 0 Å². The highest BCUT2D eigenvalue weighted by molar-refractivity contribution is 5.09. The standard InChI is InChI=1S/C14H24N2O/c1-10-9-13(7-8-16(10)4)15-12(3)14-6-5-11(2)17-14/h5-6,10,12-13,15H,7-9H2,1-4H3. The van der Waals surface area contributed by atoms with Crippen LogP contribution in [0.1, 0.15) is 44.3 Å². The van der Waals surface area contributed by atoms with Crippen LogP contribution in [-0.4, -0.2) is 30.6 Å². The summed E-state index contributed by atoms with van der Waals surface area (Å²) in [5.41, 5.74) is 0. The van der Waals surface area contributed by atoms with Crippen molar-refractivity contribution in [2.24, 2.45) is 0 Å². The molecule has 0 radical (unpaired) electrons. The van der Waals surface area contributed by atoms with E-state index >= 15 is 0 Å². The van der Waals surface area contributed by atoms with Gasteiger partial charge in [0.25, 0.3) is 0 Å². The van der Waals surface area contributed by atoms with Gasteiger partial charge in [-0.2, -0.15) is 0 Å². The minimum absolute atomic E-state index is 0.310. The predicted molar refractivity (Wildman–Crippen MR) is 70.1 cm³/mol. The quantitative estimate of drug-likeness (QED) is 0.874. The van der Waals surface area contributed by atoms with Crippen LogP contribution in [0.5, 0.6) is 0 Å². The molecule has 3 nitrogen and oxygen atoms in total. The van der Waals surface area contributed by atoms with E-state index in [1.165, 1.54) is 19.4 Å². The summed E-state index contributed by atoms with van der Waals surface area (Å²) in [6.45, 7) is 7.66. The summed E-state index contributed by atoms with van der Waals surface area (Å²) in [5.74, 6) is 2.04. The molecule has 0 aliphatic carbocycles. The van der Waals surface area contributed by atoms with Gasteiger partial charge in [0.1, 0.15) is 11.5 Å². The van der Waals surface area contributed by atoms with Gasteiger partial charge in [0.05, 0.1) is 6.04 Å². The maximum Gasteiger partial charge on any atom is 0.120 e. The number of aryl methyl sites for hydroxylation is 1. The van der Waals surface area contributed by atoms with E-state index in [1.807, 2.05) is 13.0 Å². The van der Waals surface area contributed by atoms with E-state index in [0.717, 1.165) is 11.5 Å². The van der Waals surface area contributed by atoms with Crippen molar-refractivity contribution in [1.82, 2.24) is 10.2 Å². The maximum atomic E-state index is 5.66. The molecule has 2 heterocycles. The van der Waals surface area contributed by atoms with Crippen molar-refractivity contribution in [3.8, 4) is 0 Å². The monoisotopic (exact) mass is 236 g/mol. The van der Waals surface area contributed by atoms with Crippen molar-refractivity contribution < 1.29 is 4.42 Å². The lowest BCUT2D eigenvalue weighted by molar-refractivity contribution is 0.161. The van der Waals surface area contributed by atoms with Crippen molar-refractivity contribution in [2.45, 2.75) is 51.7 Å². The molecule has 1 aromatic heterocycles. The third-order valence-electron chi connectivity index (χ3n) is 3.88. The van der Waals surface area contributed by atoms with E-state index in [1.54, 1.807) is 0 Å². The minimum Gasteiger partial charge on any atom is -0.465 e. The number of hydrogen-bond donors (Lipinski definition) is 1. The van der Waals surface area contributed by atoms with Gasteiger partial charge in [0, 0.05) is 12.1 Å². The van der Waals surface area contributed by atoms with Crippen LogP contribution in [0, 0.1) is 6.92 Å². The van der Waals surface area contributed by atoms with Crippen molar-refractivity contribution >= 4 is 0 Å². The average molecular weight is 236 g/mol. The van der Waals surface area contributed by atoms with Crippen LogP contribution in [0.2, 0.25) is 0 Å². The number of hydrogen-bond acceptors (Lipinski definition) is 3. The molecule has 2 rings (SSSR count). The van der Waals surface area contributed by atoms with Gasteiger partial charge < -0.3 is 14.6 Å². The molecule has 1 aliphatic rings. The van der Waals surface area contributed by atoms with Crippen LogP contribution in [0.25, 0.3) is 0 Å². The molecule has 0 bridgehead atoms. The highest BCUT2D eigenvalue weighted by Crippen LogP contribution is 2.21. The molecule has 0 spiro atoms. The van der Waals surface area contributed by atoms with Crippen LogP contribution < -0.4 is 5.32 Å². The zero-order valence-electron chi connectivity index (χ0n) is 11.4. The molecule has 1 aliphatic heterocycles. The Balaban J connectivity index is 1.89. The number of furan rings is 1. The molecule has 96 valence electrons. The third-order valence-corrected chi connectivity index (χ3v) is 3.88. The smallest absolute Gasteiger partial charge is 0.120 e. The fraction of sp³-hybridized carbons (Fsp3) is 0.714.